The average molecular weight is 430 g/mol. The van der Waals surface area contributed by atoms with Crippen LogP contribution in [0, 0.1) is 22.3 Å². The van der Waals surface area contributed by atoms with Crippen molar-refractivity contribution in [2.45, 2.75) is 9.79 Å². The van der Waals surface area contributed by atoms with Crippen LogP contribution in [0.5, 0.6) is 0 Å². The molecule has 28 heavy (non-hydrogen) atoms. The lowest BCUT2D eigenvalue weighted by Gasteiger charge is -2.22. The molecule has 14 heteroatoms. The quantitative estimate of drug-likeness (QED) is 0.304. The molecule has 0 saturated carbocycles. The Morgan fingerprint density at radius 3 is 1.29 bits per heavy atom. The van der Waals surface area contributed by atoms with Crippen LogP contribution >= 0.6 is 0 Å². The van der Waals surface area contributed by atoms with E-state index in [-0.39, 0.29) is 11.1 Å². The summed E-state index contributed by atoms with van der Waals surface area (Å²) in [6.07, 6.45) is 0. The van der Waals surface area contributed by atoms with E-state index >= 15 is 0 Å². The monoisotopic (exact) mass is 430 g/mol. The van der Waals surface area contributed by atoms with Crippen molar-refractivity contribution in [3.63, 3.8) is 0 Å². The summed E-state index contributed by atoms with van der Waals surface area (Å²) in [6, 6.07) is 5.11. The van der Waals surface area contributed by atoms with E-state index in [0.29, 0.717) is 12.1 Å². The van der Waals surface area contributed by atoms with E-state index in [4.69, 9.17) is 10.4 Å². The Morgan fingerprint density at radius 1 is 0.714 bits per heavy atom. The molecule has 0 amide bonds. The maximum absolute atomic E-state index is 11.5. The molecule has 0 saturated heterocycles. The summed E-state index contributed by atoms with van der Waals surface area (Å²) in [5.41, 5.74) is -1.79. The Balaban J connectivity index is 2.67. The molecule has 2 rings (SSSR count). The number of hydrogen-bond acceptors (Lipinski definition) is 10. The van der Waals surface area contributed by atoms with Crippen LogP contribution in [0.3, 0.4) is 0 Å². The largest absolute Gasteiger partial charge is 0.733 e. The predicted octanol–water partition coefficient (Wildman–Crippen LogP) is 0.967. The smallest absolute Gasteiger partial charge is 0.295 e. The summed E-state index contributed by atoms with van der Waals surface area (Å²) in [7, 11) is -9.76. The molecule has 0 fully saturated rings. The zero-order valence-corrected chi connectivity index (χ0v) is 15.0. The molecule has 150 valence electrons. The van der Waals surface area contributed by atoms with Crippen molar-refractivity contribution >= 4 is 31.6 Å². The standard InChI is InChI=1S/C14H10N2O10S2/c17-15(18)11-5-3-9(13(7-11)27(21,22)23)1-2-10-4-6-12(16(19)20)8-14(10)28(24,25)26/h3-8,17,19H,(H,21,22,23)(H,24,25,26)/q-2. The molecule has 0 aliphatic carbocycles. The van der Waals surface area contributed by atoms with Gasteiger partial charge in [0.1, 0.15) is 9.79 Å². The third-order valence-electron chi connectivity index (χ3n) is 3.26. The summed E-state index contributed by atoms with van der Waals surface area (Å²) >= 11 is 0. The van der Waals surface area contributed by atoms with Crippen molar-refractivity contribution in [1.82, 2.24) is 0 Å². The third kappa shape index (κ3) is 4.95. The van der Waals surface area contributed by atoms with Crippen molar-refractivity contribution in [1.29, 1.82) is 0 Å². The van der Waals surface area contributed by atoms with Gasteiger partial charge in [-0.1, -0.05) is 11.8 Å². The number of anilines is 2. The van der Waals surface area contributed by atoms with E-state index in [0.717, 1.165) is 24.3 Å². The van der Waals surface area contributed by atoms with Gasteiger partial charge in [0.25, 0.3) is 20.2 Å². The summed E-state index contributed by atoms with van der Waals surface area (Å²) in [5, 5.41) is 38.1. The number of nitrogens with zero attached hydrogens (tertiary/aromatic N) is 2. The Kier molecular flexibility index (Phi) is 5.94. The predicted molar refractivity (Wildman–Crippen MR) is 93.8 cm³/mol. The van der Waals surface area contributed by atoms with Crippen LogP contribution in [0.1, 0.15) is 11.1 Å². The lowest BCUT2D eigenvalue weighted by Crippen LogP contribution is -2.10. The van der Waals surface area contributed by atoms with Gasteiger partial charge in [-0.15, -0.1) is 0 Å². The van der Waals surface area contributed by atoms with Crippen LogP contribution in [0.2, 0.25) is 0 Å². The van der Waals surface area contributed by atoms with Crippen molar-refractivity contribution in [2.75, 3.05) is 10.5 Å². The highest BCUT2D eigenvalue weighted by atomic mass is 32.2. The van der Waals surface area contributed by atoms with Crippen LogP contribution in [0.15, 0.2) is 46.2 Å². The molecular formula is C14H10N2O10S2-2. The highest BCUT2D eigenvalue weighted by Gasteiger charge is 2.18. The summed E-state index contributed by atoms with van der Waals surface area (Å²) in [5.74, 6) is 4.48. The van der Waals surface area contributed by atoms with Gasteiger partial charge in [-0.2, -0.15) is 16.8 Å². The van der Waals surface area contributed by atoms with Crippen molar-refractivity contribution in [2.24, 2.45) is 0 Å². The number of rotatable bonds is 4. The molecule has 4 N–H and O–H groups in total. The van der Waals surface area contributed by atoms with E-state index in [9.17, 15) is 36.4 Å². The fourth-order valence-electron chi connectivity index (χ4n) is 2.03. The van der Waals surface area contributed by atoms with Gasteiger partial charge in [0, 0.05) is 11.1 Å². The molecule has 0 spiro atoms. The Labute approximate surface area is 158 Å². The first-order chi connectivity index (χ1) is 12.8. The van der Waals surface area contributed by atoms with Crippen LogP contribution in [-0.4, -0.2) is 36.4 Å². The van der Waals surface area contributed by atoms with E-state index in [2.05, 4.69) is 11.8 Å². The van der Waals surface area contributed by atoms with Gasteiger partial charge in [0.15, 0.2) is 0 Å². The highest BCUT2D eigenvalue weighted by molar-refractivity contribution is 7.86. The number of benzene rings is 2. The second-order valence-corrected chi connectivity index (χ2v) is 7.89. The SMILES string of the molecule is O=S(=O)(O)c1cc(N([O-])O)ccc1C#Cc1ccc(N([O-])O)cc1S(=O)(=O)O. The third-order valence-corrected chi connectivity index (χ3v) is 5.05. The van der Waals surface area contributed by atoms with E-state index in [1.54, 1.807) is 0 Å². The number of hydrogen-bond donors (Lipinski definition) is 4. The lowest BCUT2D eigenvalue weighted by molar-refractivity contribution is 0.296. The maximum Gasteiger partial charge on any atom is 0.295 e. The second-order valence-electron chi connectivity index (χ2n) is 5.11. The minimum Gasteiger partial charge on any atom is -0.733 e. The molecule has 2 aromatic rings. The minimum atomic E-state index is -4.88. The highest BCUT2D eigenvalue weighted by Crippen LogP contribution is 2.24. The first kappa shape index (κ1) is 21.6. The summed E-state index contributed by atoms with van der Waals surface area (Å²) < 4.78 is 64.4. The minimum absolute atomic E-state index is 0.369. The van der Waals surface area contributed by atoms with E-state index < -0.39 is 51.9 Å². The summed E-state index contributed by atoms with van der Waals surface area (Å²) in [4.78, 5) is -1.70. The second kappa shape index (κ2) is 7.71. The van der Waals surface area contributed by atoms with Gasteiger partial charge in [-0.25, -0.2) is 0 Å². The molecule has 2 aromatic carbocycles. The molecule has 0 aromatic heterocycles. The van der Waals surface area contributed by atoms with Gasteiger partial charge in [-0.05, 0) is 36.4 Å². The van der Waals surface area contributed by atoms with Crippen LogP contribution in [-0.2, 0) is 20.2 Å². The van der Waals surface area contributed by atoms with Crippen LogP contribution < -0.4 is 10.5 Å². The Morgan fingerprint density at radius 2 is 1.04 bits per heavy atom. The van der Waals surface area contributed by atoms with Gasteiger partial charge in [0.05, 0.1) is 11.4 Å². The molecule has 0 aliphatic heterocycles. The fraction of sp³-hybridized carbons (Fsp3) is 0. The topological polar surface area (TPSA) is 202 Å². The van der Waals surface area contributed by atoms with Gasteiger partial charge in [-0.3, -0.25) is 19.5 Å². The normalized spacial score (nSPS) is 11.5. The van der Waals surface area contributed by atoms with E-state index in [1.807, 2.05) is 0 Å². The first-order valence-corrected chi connectivity index (χ1v) is 9.76. The Bertz CT molecular complexity index is 1090. The molecule has 0 bridgehead atoms. The van der Waals surface area contributed by atoms with Crippen molar-refractivity contribution in [3.8, 4) is 11.8 Å². The Hall–Kier alpha value is -2.74. The molecule has 0 unspecified atom stereocenters. The van der Waals surface area contributed by atoms with Gasteiger partial charge >= 0.3 is 0 Å². The molecule has 0 heterocycles. The van der Waals surface area contributed by atoms with Gasteiger partial charge < -0.3 is 20.9 Å². The van der Waals surface area contributed by atoms with E-state index in [1.165, 1.54) is 0 Å². The molecule has 0 aliphatic rings. The zero-order chi connectivity index (χ0) is 21.3. The first-order valence-electron chi connectivity index (χ1n) is 6.88. The van der Waals surface area contributed by atoms with Crippen molar-refractivity contribution < 1.29 is 36.4 Å². The van der Waals surface area contributed by atoms with Gasteiger partial charge in [0.2, 0.25) is 0 Å². The van der Waals surface area contributed by atoms with Crippen LogP contribution in [0.25, 0.3) is 0 Å². The maximum atomic E-state index is 11.5. The lowest BCUT2D eigenvalue weighted by atomic mass is 10.1. The van der Waals surface area contributed by atoms with Crippen LogP contribution in [0.4, 0.5) is 11.4 Å². The molecule has 0 radical (unpaired) electrons. The zero-order valence-electron chi connectivity index (χ0n) is 13.4. The molecule has 0 atom stereocenters. The summed E-state index contributed by atoms with van der Waals surface area (Å²) in [6.45, 7) is 0. The molecular weight excluding hydrogens is 420 g/mol. The average Bonchev–Trinajstić information content (AvgIpc) is 2.57. The molecule has 12 nitrogen and oxygen atoms in total. The fourth-order valence-corrected chi connectivity index (χ4v) is 3.36. The van der Waals surface area contributed by atoms with Crippen molar-refractivity contribution in [3.05, 3.63) is 57.9 Å².